The molecule has 0 aliphatic carbocycles. The highest BCUT2D eigenvalue weighted by Gasteiger charge is 2.09. The standard InChI is InChI=1S/C13H21NO3/c1-9(2)17-13-7-10(6-11(14)8-15)4-5-12(13)16-3/h4-5,7,9,11,15H,6,8,14H2,1-3H3. The van der Waals surface area contributed by atoms with Crippen molar-refractivity contribution in [1.82, 2.24) is 0 Å². The Balaban J connectivity index is 2.88. The highest BCUT2D eigenvalue weighted by Crippen LogP contribution is 2.29. The van der Waals surface area contributed by atoms with Gasteiger partial charge in [0.15, 0.2) is 11.5 Å². The average molecular weight is 239 g/mol. The van der Waals surface area contributed by atoms with E-state index in [4.69, 9.17) is 20.3 Å². The van der Waals surface area contributed by atoms with Crippen LogP contribution in [0.25, 0.3) is 0 Å². The minimum Gasteiger partial charge on any atom is -0.493 e. The Kier molecular flexibility index (Phi) is 5.25. The lowest BCUT2D eigenvalue weighted by atomic mass is 10.1. The van der Waals surface area contributed by atoms with Crippen LogP contribution < -0.4 is 15.2 Å². The molecule has 0 saturated heterocycles. The smallest absolute Gasteiger partial charge is 0.161 e. The van der Waals surface area contributed by atoms with Gasteiger partial charge in [-0.15, -0.1) is 0 Å². The van der Waals surface area contributed by atoms with Crippen molar-refractivity contribution in [2.75, 3.05) is 13.7 Å². The molecule has 0 fully saturated rings. The summed E-state index contributed by atoms with van der Waals surface area (Å²) in [5, 5.41) is 8.93. The van der Waals surface area contributed by atoms with Gasteiger partial charge in [-0.3, -0.25) is 0 Å². The molecular weight excluding hydrogens is 218 g/mol. The Hall–Kier alpha value is -1.26. The summed E-state index contributed by atoms with van der Waals surface area (Å²) in [6, 6.07) is 5.46. The molecule has 1 rings (SSSR count). The maximum absolute atomic E-state index is 8.93. The van der Waals surface area contributed by atoms with Crippen LogP contribution >= 0.6 is 0 Å². The van der Waals surface area contributed by atoms with Crippen molar-refractivity contribution in [2.24, 2.45) is 5.73 Å². The van der Waals surface area contributed by atoms with Gasteiger partial charge in [-0.1, -0.05) is 6.07 Å². The van der Waals surface area contributed by atoms with Gasteiger partial charge in [0, 0.05) is 6.04 Å². The molecule has 0 bridgehead atoms. The molecular formula is C13H21NO3. The van der Waals surface area contributed by atoms with Crippen LogP contribution in [-0.2, 0) is 6.42 Å². The first-order valence-electron chi connectivity index (χ1n) is 5.76. The van der Waals surface area contributed by atoms with Gasteiger partial charge in [0.25, 0.3) is 0 Å². The molecule has 0 aliphatic rings. The van der Waals surface area contributed by atoms with Crippen LogP contribution in [0.2, 0.25) is 0 Å². The summed E-state index contributed by atoms with van der Waals surface area (Å²) in [6.07, 6.45) is 0.709. The minimum absolute atomic E-state index is 0.0214. The van der Waals surface area contributed by atoms with Crippen molar-refractivity contribution in [3.05, 3.63) is 23.8 Å². The molecule has 0 spiro atoms. The van der Waals surface area contributed by atoms with E-state index in [9.17, 15) is 0 Å². The molecule has 0 amide bonds. The van der Waals surface area contributed by atoms with Crippen molar-refractivity contribution in [1.29, 1.82) is 0 Å². The van der Waals surface area contributed by atoms with Gasteiger partial charge < -0.3 is 20.3 Å². The van der Waals surface area contributed by atoms with Crippen molar-refractivity contribution in [3.8, 4) is 11.5 Å². The number of rotatable bonds is 6. The molecule has 0 aliphatic heterocycles. The topological polar surface area (TPSA) is 64.7 Å². The molecule has 0 heterocycles. The maximum atomic E-state index is 8.93. The third-order valence-electron chi connectivity index (χ3n) is 2.32. The van der Waals surface area contributed by atoms with Crippen LogP contribution in [-0.4, -0.2) is 31.0 Å². The SMILES string of the molecule is COc1ccc(CC(N)CO)cc1OC(C)C. The van der Waals surface area contributed by atoms with E-state index >= 15 is 0 Å². The third kappa shape index (κ3) is 4.24. The molecule has 17 heavy (non-hydrogen) atoms. The lowest BCUT2D eigenvalue weighted by Crippen LogP contribution is -2.26. The summed E-state index contributed by atoms with van der Waals surface area (Å²) in [7, 11) is 1.61. The monoisotopic (exact) mass is 239 g/mol. The fraction of sp³-hybridized carbons (Fsp3) is 0.538. The summed E-state index contributed by atoms with van der Waals surface area (Å²) in [6.45, 7) is 3.91. The Morgan fingerprint density at radius 1 is 1.29 bits per heavy atom. The molecule has 0 saturated carbocycles. The quantitative estimate of drug-likeness (QED) is 0.786. The number of nitrogens with two attached hydrogens (primary N) is 1. The molecule has 0 radical (unpaired) electrons. The molecule has 4 nitrogen and oxygen atoms in total. The van der Waals surface area contributed by atoms with Crippen LogP contribution in [0.5, 0.6) is 11.5 Å². The van der Waals surface area contributed by atoms with E-state index in [2.05, 4.69) is 0 Å². The predicted molar refractivity (Wildman–Crippen MR) is 67.5 cm³/mol. The van der Waals surface area contributed by atoms with Crippen LogP contribution in [0.4, 0.5) is 0 Å². The highest BCUT2D eigenvalue weighted by atomic mass is 16.5. The predicted octanol–water partition coefficient (Wildman–Crippen LogP) is 1.34. The molecule has 0 aromatic heterocycles. The van der Waals surface area contributed by atoms with Crippen LogP contribution in [0, 0.1) is 0 Å². The number of hydrogen-bond donors (Lipinski definition) is 2. The zero-order chi connectivity index (χ0) is 12.8. The van der Waals surface area contributed by atoms with Gasteiger partial charge in [0.05, 0.1) is 19.8 Å². The number of ether oxygens (including phenoxy) is 2. The first-order valence-corrected chi connectivity index (χ1v) is 5.76. The number of hydrogen-bond acceptors (Lipinski definition) is 4. The zero-order valence-electron chi connectivity index (χ0n) is 10.6. The lowest BCUT2D eigenvalue weighted by Gasteiger charge is -2.15. The van der Waals surface area contributed by atoms with E-state index < -0.39 is 0 Å². The van der Waals surface area contributed by atoms with Crippen molar-refractivity contribution >= 4 is 0 Å². The van der Waals surface area contributed by atoms with E-state index in [0.29, 0.717) is 17.9 Å². The Morgan fingerprint density at radius 3 is 2.53 bits per heavy atom. The van der Waals surface area contributed by atoms with Gasteiger partial charge in [0.1, 0.15) is 0 Å². The van der Waals surface area contributed by atoms with E-state index in [1.807, 2.05) is 32.0 Å². The highest BCUT2D eigenvalue weighted by molar-refractivity contribution is 5.43. The number of benzene rings is 1. The normalized spacial score (nSPS) is 12.6. The second-order valence-electron chi connectivity index (χ2n) is 4.30. The van der Waals surface area contributed by atoms with Gasteiger partial charge in [-0.2, -0.15) is 0 Å². The summed E-state index contributed by atoms with van der Waals surface area (Å²) in [4.78, 5) is 0. The fourth-order valence-corrected chi connectivity index (χ4v) is 1.56. The van der Waals surface area contributed by atoms with Crippen LogP contribution in [0.15, 0.2) is 18.2 Å². The Bertz CT molecular complexity index is 353. The average Bonchev–Trinajstić information content (AvgIpc) is 2.28. The van der Waals surface area contributed by atoms with E-state index in [1.54, 1.807) is 7.11 Å². The summed E-state index contributed by atoms with van der Waals surface area (Å²) >= 11 is 0. The molecule has 96 valence electrons. The van der Waals surface area contributed by atoms with E-state index in [1.165, 1.54) is 0 Å². The second kappa shape index (κ2) is 6.47. The van der Waals surface area contributed by atoms with Crippen molar-refractivity contribution in [3.63, 3.8) is 0 Å². The van der Waals surface area contributed by atoms with Gasteiger partial charge in [-0.05, 0) is 38.0 Å². The second-order valence-corrected chi connectivity index (χ2v) is 4.30. The van der Waals surface area contributed by atoms with Crippen LogP contribution in [0.1, 0.15) is 19.4 Å². The summed E-state index contributed by atoms with van der Waals surface area (Å²) in [5.74, 6) is 1.42. The van der Waals surface area contributed by atoms with Crippen molar-refractivity contribution in [2.45, 2.75) is 32.4 Å². The van der Waals surface area contributed by atoms with Crippen molar-refractivity contribution < 1.29 is 14.6 Å². The largest absolute Gasteiger partial charge is 0.493 e. The van der Waals surface area contributed by atoms with Crippen LogP contribution in [0.3, 0.4) is 0 Å². The Labute approximate surface area is 102 Å². The zero-order valence-corrected chi connectivity index (χ0v) is 10.6. The van der Waals surface area contributed by atoms with Gasteiger partial charge >= 0.3 is 0 Å². The van der Waals surface area contributed by atoms with Gasteiger partial charge in [0.2, 0.25) is 0 Å². The first kappa shape index (κ1) is 13.8. The molecule has 4 heteroatoms. The molecule has 1 aromatic rings. The first-order chi connectivity index (χ1) is 8.06. The number of methoxy groups -OCH3 is 1. The molecule has 1 atom stereocenters. The Morgan fingerprint density at radius 2 is 2.00 bits per heavy atom. The number of aliphatic hydroxyl groups is 1. The molecule has 3 N–H and O–H groups in total. The maximum Gasteiger partial charge on any atom is 0.161 e. The summed E-state index contributed by atoms with van der Waals surface area (Å²) < 4.78 is 10.9. The van der Waals surface area contributed by atoms with Gasteiger partial charge in [-0.25, -0.2) is 0 Å². The molecule has 1 unspecified atom stereocenters. The molecule has 1 aromatic carbocycles. The fourth-order valence-electron chi connectivity index (χ4n) is 1.56. The third-order valence-corrected chi connectivity index (χ3v) is 2.32. The summed E-state index contributed by atoms with van der Waals surface area (Å²) in [5.41, 5.74) is 6.74. The minimum atomic E-state index is -0.240. The lowest BCUT2D eigenvalue weighted by molar-refractivity contribution is 0.229. The van der Waals surface area contributed by atoms with E-state index in [-0.39, 0.29) is 18.8 Å². The van der Waals surface area contributed by atoms with E-state index in [0.717, 1.165) is 5.56 Å². The number of aliphatic hydroxyl groups excluding tert-OH is 1.